The Labute approximate surface area is 54.5 Å². The maximum absolute atomic E-state index is 4.86. The molecule has 0 aliphatic heterocycles. The van der Waals surface area contributed by atoms with Gasteiger partial charge in [0.1, 0.15) is 0 Å². The fourth-order valence-electron chi connectivity index (χ4n) is 0.582. The van der Waals surface area contributed by atoms with E-state index in [4.69, 9.17) is 4.74 Å². The third-order valence-electron chi connectivity index (χ3n) is 1.01. The Morgan fingerprint density at radius 2 is 2.44 bits per heavy atom. The summed E-state index contributed by atoms with van der Waals surface area (Å²) >= 11 is 0. The van der Waals surface area contributed by atoms with Crippen LogP contribution < -0.4 is 4.74 Å². The van der Waals surface area contributed by atoms with E-state index in [0.717, 1.165) is 5.69 Å². The first-order chi connectivity index (χ1) is 4.33. The average molecular weight is 122 g/mol. The fourth-order valence-corrected chi connectivity index (χ4v) is 0.582. The molecule has 0 aliphatic rings. The number of aryl methyl sites for hydroxylation is 1. The van der Waals surface area contributed by atoms with Crippen molar-refractivity contribution in [3.8, 4) is 5.88 Å². The number of ether oxygens (including phenoxy) is 1. The van der Waals surface area contributed by atoms with E-state index in [1.807, 2.05) is 6.92 Å². The molecule has 0 spiro atoms. The van der Waals surface area contributed by atoms with Gasteiger partial charge in [0.05, 0.1) is 7.11 Å². The Morgan fingerprint density at radius 1 is 1.67 bits per heavy atom. The van der Waals surface area contributed by atoms with Crippen molar-refractivity contribution in [2.45, 2.75) is 6.92 Å². The summed E-state index contributed by atoms with van der Waals surface area (Å²) in [6.45, 7) is 1.88. The number of rotatable bonds is 1. The molecule has 1 heterocycles. The molecule has 0 N–H and O–H groups in total. The molecular weight excluding hydrogens is 114 g/mol. The van der Waals surface area contributed by atoms with Crippen LogP contribution in [0.25, 0.3) is 0 Å². The van der Waals surface area contributed by atoms with Crippen LogP contribution in [0.2, 0.25) is 0 Å². The van der Waals surface area contributed by atoms with E-state index in [0.29, 0.717) is 5.88 Å². The van der Waals surface area contributed by atoms with Gasteiger partial charge in [-0.2, -0.15) is 0 Å². The predicted octanol–water partition coefficient (Wildman–Crippen LogP) is 1.20. The van der Waals surface area contributed by atoms with Crippen LogP contribution in [-0.2, 0) is 0 Å². The van der Waals surface area contributed by atoms with Gasteiger partial charge in [-0.25, -0.2) is 4.98 Å². The van der Waals surface area contributed by atoms with E-state index in [1.165, 1.54) is 0 Å². The lowest BCUT2D eigenvalue weighted by Gasteiger charge is -1.96. The smallest absolute Gasteiger partial charge is 0.213 e. The topological polar surface area (TPSA) is 22.1 Å². The summed E-state index contributed by atoms with van der Waals surface area (Å²) in [5.41, 5.74) is 0.856. The molecule has 1 radical (unpaired) electrons. The minimum Gasteiger partial charge on any atom is -0.481 e. The Hall–Kier alpha value is -1.05. The summed E-state index contributed by atoms with van der Waals surface area (Å²) in [5, 5.41) is 0. The Kier molecular flexibility index (Phi) is 1.68. The Morgan fingerprint density at radius 3 is 2.89 bits per heavy atom. The maximum Gasteiger partial charge on any atom is 0.213 e. The Balaban J connectivity index is 2.94. The molecule has 0 amide bonds. The lowest BCUT2D eigenvalue weighted by Crippen LogP contribution is -1.87. The SMILES string of the molecule is COc1cc[c]c(C)n1. The normalized spacial score (nSPS) is 9.11. The number of methoxy groups -OCH3 is 1. The highest BCUT2D eigenvalue weighted by molar-refractivity contribution is 5.12. The van der Waals surface area contributed by atoms with Crippen LogP contribution in [0, 0.1) is 13.0 Å². The third-order valence-corrected chi connectivity index (χ3v) is 1.01. The molecular formula is C7H8NO. The van der Waals surface area contributed by atoms with E-state index in [9.17, 15) is 0 Å². The molecule has 0 atom stereocenters. The zero-order valence-corrected chi connectivity index (χ0v) is 5.51. The van der Waals surface area contributed by atoms with E-state index in [-0.39, 0.29) is 0 Å². The molecule has 2 nitrogen and oxygen atoms in total. The second-order valence-corrected chi connectivity index (χ2v) is 1.72. The summed E-state index contributed by atoms with van der Waals surface area (Å²) in [6, 6.07) is 6.48. The third kappa shape index (κ3) is 1.42. The van der Waals surface area contributed by atoms with Crippen LogP contribution in [0.1, 0.15) is 5.69 Å². The molecule has 0 unspecified atom stereocenters. The zero-order valence-electron chi connectivity index (χ0n) is 5.51. The van der Waals surface area contributed by atoms with E-state index in [1.54, 1.807) is 19.2 Å². The molecule has 0 fully saturated rings. The lowest BCUT2D eigenvalue weighted by atomic mass is 10.4. The van der Waals surface area contributed by atoms with Gasteiger partial charge in [0.2, 0.25) is 5.88 Å². The molecule has 0 aromatic carbocycles. The van der Waals surface area contributed by atoms with Crippen LogP contribution in [0.5, 0.6) is 5.88 Å². The van der Waals surface area contributed by atoms with Gasteiger partial charge in [-0.1, -0.05) is 0 Å². The molecule has 47 valence electrons. The number of hydrogen-bond acceptors (Lipinski definition) is 2. The Bertz CT molecular complexity index is 198. The summed E-state index contributed by atoms with van der Waals surface area (Å²) in [5.74, 6) is 0.645. The van der Waals surface area contributed by atoms with Crippen LogP contribution in [0.3, 0.4) is 0 Å². The highest BCUT2D eigenvalue weighted by Crippen LogP contribution is 2.03. The molecule has 9 heavy (non-hydrogen) atoms. The highest BCUT2D eigenvalue weighted by Gasteiger charge is 1.88. The van der Waals surface area contributed by atoms with E-state index in [2.05, 4.69) is 11.1 Å². The van der Waals surface area contributed by atoms with Crippen molar-refractivity contribution in [3.63, 3.8) is 0 Å². The summed E-state index contributed by atoms with van der Waals surface area (Å²) in [6.07, 6.45) is 0. The van der Waals surface area contributed by atoms with Crippen LogP contribution >= 0.6 is 0 Å². The van der Waals surface area contributed by atoms with Crippen molar-refractivity contribution in [3.05, 3.63) is 23.9 Å². The van der Waals surface area contributed by atoms with Crippen LogP contribution in [0.15, 0.2) is 12.1 Å². The second-order valence-electron chi connectivity index (χ2n) is 1.72. The molecule has 0 saturated heterocycles. The lowest BCUT2D eigenvalue weighted by molar-refractivity contribution is 0.397. The second kappa shape index (κ2) is 2.49. The van der Waals surface area contributed by atoms with Gasteiger partial charge in [0.25, 0.3) is 0 Å². The first kappa shape index (κ1) is 6.08. The molecule has 0 aliphatic carbocycles. The zero-order chi connectivity index (χ0) is 6.69. The van der Waals surface area contributed by atoms with Crippen LogP contribution in [0.4, 0.5) is 0 Å². The quantitative estimate of drug-likeness (QED) is 0.558. The van der Waals surface area contributed by atoms with Gasteiger partial charge in [0, 0.05) is 17.8 Å². The minimum atomic E-state index is 0.645. The first-order valence-corrected chi connectivity index (χ1v) is 2.72. The van der Waals surface area contributed by atoms with Crippen molar-refractivity contribution in [2.75, 3.05) is 7.11 Å². The molecule has 1 aromatic rings. The molecule has 1 aromatic heterocycles. The number of aromatic nitrogens is 1. The monoisotopic (exact) mass is 122 g/mol. The van der Waals surface area contributed by atoms with Crippen LogP contribution in [-0.4, -0.2) is 12.1 Å². The van der Waals surface area contributed by atoms with Crippen molar-refractivity contribution < 1.29 is 4.74 Å². The van der Waals surface area contributed by atoms with Gasteiger partial charge in [0.15, 0.2) is 0 Å². The molecule has 2 heteroatoms. The minimum absolute atomic E-state index is 0.645. The molecule has 0 saturated carbocycles. The first-order valence-electron chi connectivity index (χ1n) is 2.72. The fraction of sp³-hybridized carbons (Fsp3) is 0.286. The number of hydrogen-bond donors (Lipinski definition) is 0. The van der Waals surface area contributed by atoms with Crippen molar-refractivity contribution in [2.24, 2.45) is 0 Å². The van der Waals surface area contributed by atoms with E-state index >= 15 is 0 Å². The van der Waals surface area contributed by atoms with Gasteiger partial charge >= 0.3 is 0 Å². The summed E-state index contributed by atoms with van der Waals surface area (Å²) < 4.78 is 4.86. The average Bonchev–Trinajstić information content (AvgIpc) is 1.88. The van der Waals surface area contributed by atoms with Gasteiger partial charge in [-0.3, -0.25) is 0 Å². The van der Waals surface area contributed by atoms with Gasteiger partial charge < -0.3 is 4.74 Å². The molecule has 0 bridgehead atoms. The highest BCUT2D eigenvalue weighted by atomic mass is 16.5. The number of pyridine rings is 1. The largest absolute Gasteiger partial charge is 0.481 e. The number of nitrogens with zero attached hydrogens (tertiary/aromatic N) is 1. The van der Waals surface area contributed by atoms with Crippen molar-refractivity contribution in [1.29, 1.82) is 0 Å². The molecule has 1 rings (SSSR count). The van der Waals surface area contributed by atoms with E-state index < -0.39 is 0 Å². The van der Waals surface area contributed by atoms with Crippen molar-refractivity contribution in [1.82, 2.24) is 4.98 Å². The van der Waals surface area contributed by atoms with Gasteiger partial charge in [-0.05, 0) is 13.0 Å². The van der Waals surface area contributed by atoms with Gasteiger partial charge in [-0.15, -0.1) is 0 Å². The standard InChI is InChI=1S/C7H8NO/c1-6-4-3-5-7(8-6)9-2/h3,5H,1-2H3. The maximum atomic E-state index is 4.86. The summed E-state index contributed by atoms with van der Waals surface area (Å²) in [7, 11) is 1.60. The predicted molar refractivity (Wildman–Crippen MR) is 34.4 cm³/mol. The van der Waals surface area contributed by atoms with Crippen molar-refractivity contribution >= 4 is 0 Å². The summed E-state index contributed by atoms with van der Waals surface area (Å²) in [4.78, 5) is 4.01.